The highest BCUT2D eigenvalue weighted by atomic mass is 32.3. The summed E-state index contributed by atoms with van der Waals surface area (Å²) in [6, 6.07) is 0. The number of methoxy groups -OCH3 is 1. The van der Waals surface area contributed by atoms with E-state index in [9.17, 15) is 16.8 Å². The molecule has 0 heterocycles. The molecule has 0 aromatic heterocycles. The minimum Gasteiger partial charge on any atom is -0.378 e. The van der Waals surface area contributed by atoms with E-state index in [0.29, 0.717) is 12.7 Å². The van der Waals surface area contributed by atoms with Crippen LogP contribution in [-0.2, 0) is 33.3 Å². The number of hydrogen-bond acceptors (Lipinski definition) is 7. The molecule has 0 fully saturated rings. The Labute approximate surface area is 172 Å². The number of rotatable bonds is 19. The van der Waals surface area contributed by atoms with Crippen molar-refractivity contribution in [3.8, 4) is 0 Å². The van der Waals surface area contributed by atoms with Crippen molar-refractivity contribution < 1.29 is 29.9 Å². The molecule has 0 aromatic rings. The van der Waals surface area contributed by atoms with Crippen LogP contribution in [0.4, 0.5) is 0 Å². The third-order valence-electron chi connectivity index (χ3n) is 4.54. The summed E-state index contributed by atoms with van der Waals surface area (Å²) in [5, 5.41) is 0. The highest BCUT2D eigenvalue weighted by Crippen LogP contribution is 2.17. The van der Waals surface area contributed by atoms with Gasteiger partial charge in [0.15, 0.2) is 0 Å². The zero-order valence-electron chi connectivity index (χ0n) is 18.0. The highest BCUT2D eigenvalue weighted by Gasteiger charge is 2.36. The van der Waals surface area contributed by atoms with E-state index in [1.165, 1.54) is 71.8 Å². The van der Waals surface area contributed by atoms with Crippen LogP contribution in [0.15, 0.2) is 0 Å². The zero-order valence-corrected chi connectivity index (χ0v) is 19.7. The Bertz CT molecular complexity index is 573. The lowest BCUT2D eigenvalue weighted by Gasteiger charge is -2.22. The fourth-order valence-corrected chi connectivity index (χ4v) is 5.45. The Kier molecular flexibility index (Phi) is 15.5. The fraction of sp³-hybridized carbons (Fsp3) is 1.00. The Morgan fingerprint density at radius 1 is 0.750 bits per heavy atom. The van der Waals surface area contributed by atoms with Gasteiger partial charge in [-0.1, -0.05) is 77.6 Å². The summed E-state index contributed by atoms with van der Waals surface area (Å²) in [7, 11) is -7.26. The Morgan fingerprint density at radius 3 is 1.57 bits per heavy atom. The molecule has 0 bridgehead atoms. The van der Waals surface area contributed by atoms with Crippen LogP contribution in [0, 0.1) is 0 Å². The van der Waals surface area contributed by atoms with Gasteiger partial charge < -0.3 is 9.47 Å². The van der Waals surface area contributed by atoms with Crippen molar-refractivity contribution in [1.82, 2.24) is 0 Å². The number of unbranched alkanes of at least 4 members (excludes halogenated alkanes) is 11. The lowest BCUT2D eigenvalue weighted by molar-refractivity contribution is -0.0103. The molecule has 0 aliphatic carbocycles. The fourth-order valence-electron chi connectivity index (χ4n) is 2.92. The van der Waals surface area contributed by atoms with Crippen molar-refractivity contribution in [3.63, 3.8) is 0 Å². The molecule has 2 unspecified atom stereocenters. The summed E-state index contributed by atoms with van der Waals surface area (Å²) in [4.78, 5) is 0. The van der Waals surface area contributed by atoms with Crippen LogP contribution in [0.2, 0.25) is 0 Å². The van der Waals surface area contributed by atoms with Gasteiger partial charge in [-0.2, -0.15) is 16.8 Å². The van der Waals surface area contributed by atoms with Crippen molar-refractivity contribution in [3.05, 3.63) is 0 Å². The summed E-state index contributed by atoms with van der Waals surface area (Å²) in [6.45, 7) is 3.93. The largest absolute Gasteiger partial charge is 0.378 e. The Morgan fingerprint density at radius 2 is 1.18 bits per heavy atom. The molecular weight excluding hydrogens is 404 g/mol. The Balaban J connectivity index is 3.96. The van der Waals surface area contributed by atoms with E-state index >= 15 is 0 Å². The molecule has 0 aliphatic heterocycles. The minimum atomic E-state index is -4.44. The first-order valence-corrected chi connectivity index (χ1v) is 13.7. The SMILES string of the molecule is CCCCCCCCCCCCCCOC(C(C)OC)S(=O)(=O)OS(C)(=O)=O. The standard InChI is InChI=1S/C19H40O7S2/c1-5-6-7-8-9-10-11-12-13-14-15-16-17-25-19(18(2)24-3)28(22,23)26-27(4,20)21/h18-19H,5-17H2,1-4H3. The van der Waals surface area contributed by atoms with Gasteiger partial charge in [0, 0.05) is 13.7 Å². The molecule has 0 aliphatic rings. The Hall–Kier alpha value is -0.220. The zero-order chi connectivity index (χ0) is 21.5. The summed E-state index contributed by atoms with van der Waals surface area (Å²) < 4.78 is 61.1. The van der Waals surface area contributed by atoms with E-state index in [2.05, 4.69) is 10.6 Å². The lowest BCUT2D eigenvalue weighted by Crippen LogP contribution is -2.38. The molecule has 0 saturated heterocycles. The maximum absolute atomic E-state index is 12.1. The number of ether oxygens (including phenoxy) is 2. The van der Waals surface area contributed by atoms with E-state index in [-0.39, 0.29) is 6.61 Å². The maximum Gasteiger partial charge on any atom is 0.311 e. The second-order valence-corrected chi connectivity index (χ2v) is 10.7. The molecule has 0 saturated carbocycles. The van der Waals surface area contributed by atoms with Gasteiger partial charge in [0.2, 0.25) is 5.44 Å². The third kappa shape index (κ3) is 14.7. The first-order valence-electron chi connectivity index (χ1n) is 10.4. The van der Waals surface area contributed by atoms with Gasteiger partial charge in [0.05, 0.1) is 12.4 Å². The first kappa shape index (κ1) is 27.8. The van der Waals surface area contributed by atoms with Gasteiger partial charge in [0.25, 0.3) is 10.1 Å². The third-order valence-corrected chi connectivity index (χ3v) is 7.37. The van der Waals surface area contributed by atoms with Crippen LogP contribution in [0.5, 0.6) is 0 Å². The minimum absolute atomic E-state index is 0.210. The molecule has 0 rings (SSSR count). The molecule has 9 heteroatoms. The molecule has 7 nitrogen and oxygen atoms in total. The van der Waals surface area contributed by atoms with Crippen LogP contribution in [0.3, 0.4) is 0 Å². The second-order valence-electron chi connectivity index (χ2n) is 7.33. The van der Waals surface area contributed by atoms with Crippen molar-refractivity contribution in [1.29, 1.82) is 0 Å². The summed E-state index contributed by atoms with van der Waals surface area (Å²) >= 11 is 0. The van der Waals surface area contributed by atoms with Crippen LogP contribution in [-0.4, -0.2) is 48.3 Å². The van der Waals surface area contributed by atoms with Crippen molar-refractivity contribution in [2.24, 2.45) is 0 Å². The molecule has 0 aromatic carbocycles. The van der Waals surface area contributed by atoms with Crippen LogP contribution >= 0.6 is 0 Å². The van der Waals surface area contributed by atoms with Gasteiger partial charge in [-0.05, 0) is 13.3 Å². The van der Waals surface area contributed by atoms with Crippen molar-refractivity contribution in [2.45, 2.75) is 102 Å². The first-order chi connectivity index (χ1) is 13.1. The predicted octanol–water partition coefficient (Wildman–Crippen LogP) is 4.37. The quantitative estimate of drug-likeness (QED) is 0.273. The predicted molar refractivity (Wildman–Crippen MR) is 112 cm³/mol. The van der Waals surface area contributed by atoms with E-state index < -0.39 is 31.8 Å². The average Bonchev–Trinajstić information content (AvgIpc) is 2.59. The van der Waals surface area contributed by atoms with Crippen LogP contribution < -0.4 is 0 Å². The van der Waals surface area contributed by atoms with E-state index in [1.54, 1.807) is 0 Å². The van der Waals surface area contributed by atoms with Gasteiger partial charge in [-0.15, -0.1) is 3.63 Å². The van der Waals surface area contributed by atoms with E-state index in [0.717, 1.165) is 12.8 Å². The molecule has 2 atom stereocenters. The van der Waals surface area contributed by atoms with E-state index in [4.69, 9.17) is 9.47 Å². The summed E-state index contributed by atoms with van der Waals surface area (Å²) in [6.07, 6.45) is 14.2. The topological polar surface area (TPSA) is 96.0 Å². The van der Waals surface area contributed by atoms with Crippen molar-refractivity contribution in [2.75, 3.05) is 20.0 Å². The smallest absolute Gasteiger partial charge is 0.311 e. The monoisotopic (exact) mass is 444 g/mol. The molecular formula is C19H40O7S2. The molecule has 0 radical (unpaired) electrons. The van der Waals surface area contributed by atoms with Crippen LogP contribution in [0.1, 0.15) is 90.9 Å². The average molecular weight is 445 g/mol. The lowest BCUT2D eigenvalue weighted by atomic mass is 10.1. The van der Waals surface area contributed by atoms with Gasteiger partial charge in [-0.3, -0.25) is 0 Å². The van der Waals surface area contributed by atoms with Gasteiger partial charge >= 0.3 is 10.1 Å². The molecule has 0 amide bonds. The van der Waals surface area contributed by atoms with E-state index in [1.807, 2.05) is 0 Å². The highest BCUT2D eigenvalue weighted by molar-refractivity contribution is 7.99. The molecule has 170 valence electrons. The summed E-state index contributed by atoms with van der Waals surface area (Å²) in [5.41, 5.74) is -1.47. The molecule has 28 heavy (non-hydrogen) atoms. The van der Waals surface area contributed by atoms with Gasteiger partial charge in [-0.25, -0.2) is 0 Å². The second kappa shape index (κ2) is 15.6. The number of hydrogen-bond donors (Lipinski definition) is 0. The van der Waals surface area contributed by atoms with Gasteiger partial charge in [0.1, 0.15) is 0 Å². The summed E-state index contributed by atoms with van der Waals surface area (Å²) in [5.74, 6) is 0. The van der Waals surface area contributed by atoms with Crippen molar-refractivity contribution >= 4 is 20.2 Å². The maximum atomic E-state index is 12.1. The normalized spacial score (nSPS) is 14.9. The molecule has 0 N–H and O–H groups in total. The van der Waals surface area contributed by atoms with Crippen LogP contribution in [0.25, 0.3) is 0 Å². The molecule has 0 spiro atoms.